The van der Waals surface area contributed by atoms with Gasteiger partial charge < -0.3 is 10.6 Å². The maximum absolute atomic E-state index is 11.6. The molecule has 0 atom stereocenters. The minimum Gasteiger partial charge on any atom is -0.352 e. The van der Waals surface area contributed by atoms with E-state index in [4.69, 9.17) is 23.2 Å². The van der Waals surface area contributed by atoms with Gasteiger partial charge in [0.05, 0.1) is 5.54 Å². The molecule has 2 saturated heterocycles. The molecule has 74 valence electrons. The molecule has 0 unspecified atom stereocenters. The number of amides is 1. The predicted octanol–water partition coefficient (Wildman–Crippen LogP) is 0.658. The van der Waals surface area contributed by atoms with Crippen LogP contribution in [0.5, 0.6) is 0 Å². The zero-order valence-electron chi connectivity index (χ0n) is 7.15. The molecule has 0 aromatic heterocycles. The van der Waals surface area contributed by atoms with Crippen LogP contribution in [0.15, 0.2) is 0 Å². The fourth-order valence-corrected chi connectivity index (χ4v) is 2.31. The van der Waals surface area contributed by atoms with Gasteiger partial charge in [0.1, 0.15) is 4.84 Å². The first-order valence-corrected chi connectivity index (χ1v) is 5.31. The maximum Gasteiger partial charge on any atom is 0.240 e. The van der Waals surface area contributed by atoms with E-state index in [0.29, 0.717) is 12.5 Å². The van der Waals surface area contributed by atoms with Gasteiger partial charge in [-0.2, -0.15) is 0 Å². The summed E-state index contributed by atoms with van der Waals surface area (Å²) in [5, 5.41) is 5.97. The fraction of sp³-hybridized carbons (Fsp3) is 0.875. The zero-order valence-corrected chi connectivity index (χ0v) is 8.66. The van der Waals surface area contributed by atoms with E-state index in [-0.39, 0.29) is 11.4 Å². The molecule has 0 radical (unpaired) electrons. The molecule has 2 aliphatic heterocycles. The molecule has 2 bridgehead atoms. The number of fused-ring (bicyclic) bond motifs is 1. The van der Waals surface area contributed by atoms with Gasteiger partial charge in [-0.25, -0.2) is 0 Å². The third-order valence-corrected chi connectivity index (χ3v) is 3.16. The van der Waals surface area contributed by atoms with E-state index in [2.05, 4.69) is 10.6 Å². The first-order valence-electron chi connectivity index (χ1n) is 4.44. The van der Waals surface area contributed by atoms with E-state index in [0.717, 1.165) is 19.4 Å². The number of nitrogens with one attached hydrogen (secondary N) is 2. The van der Waals surface area contributed by atoms with Crippen LogP contribution in [0.3, 0.4) is 0 Å². The molecule has 3 nitrogen and oxygen atoms in total. The van der Waals surface area contributed by atoms with Crippen LogP contribution in [0, 0.1) is 5.92 Å². The highest BCUT2D eigenvalue weighted by Crippen LogP contribution is 2.43. The van der Waals surface area contributed by atoms with Crippen molar-refractivity contribution in [2.75, 3.05) is 13.1 Å². The Balaban J connectivity index is 1.84. The SMILES string of the molecule is O=C(NCC(Cl)Cl)C12CC(CN1)C2. The lowest BCUT2D eigenvalue weighted by atomic mass is 9.73. The number of carbonyl (C=O) groups is 1. The summed E-state index contributed by atoms with van der Waals surface area (Å²) in [4.78, 5) is 11.1. The number of hydrogen-bond donors (Lipinski definition) is 2. The van der Waals surface area contributed by atoms with Gasteiger partial charge in [-0.15, -0.1) is 23.2 Å². The Morgan fingerprint density at radius 1 is 1.62 bits per heavy atom. The normalized spacial score (nSPS) is 36.1. The largest absolute Gasteiger partial charge is 0.352 e. The summed E-state index contributed by atoms with van der Waals surface area (Å²) >= 11 is 11.0. The van der Waals surface area contributed by atoms with E-state index in [1.807, 2.05) is 0 Å². The van der Waals surface area contributed by atoms with Crippen LogP contribution in [-0.4, -0.2) is 29.4 Å². The quantitative estimate of drug-likeness (QED) is 0.690. The Labute approximate surface area is 87.1 Å². The molecule has 3 fully saturated rings. The van der Waals surface area contributed by atoms with Crippen molar-refractivity contribution in [1.82, 2.24) is 10.6 Å². The lowest BCUT2D eigenvalue weighted by Gasteiger charge is -2.35. The van der Waals surface area contributed by atoms with Crippen molar-refractivity contribution in [3.8, 4) is 0 Å². The summed E-state index contributed by atoms with van der Waals surface area (Å²) in [6.07, 6.45) is 1.93. The van der Waals surface area contributed by atoms with E-state index in [9.17, 15) is 4.79 Å². The molecular formula is C8H12Cl2N2O. The third kappa shape index (κ3) is 1.65. The highest BCUT2D eigenvalue weighted by molar-refractivity contribution is 6.44. The molecule has 1 aliphatic carbocycles. The van der Waals surface area contributed by atoms with Crippen LogP contribution in [0.2, 0.25) is 0 Å². The van der Waals surface area contributed by atoms with Crippen LogP contribution < -0.4 is 10.6 Å². The Bertz CT molecular complexity index is 221. The number of halogens is 2. The summed E-state index contributed by atoms with van der Waals surface area (Å²) in [6, 6.07) is 0. The number of rotatable bonds is 3. The topological polar surface area (TPSA) is 41.1 Å². The van der Waals surface area contributed by atoms with Gasteiger partial charge in [0.25, 0.3) is 0 Å². The number of hydrogen-bond acceptors (Lipinski definition) is 2. The summed E-state index contributed by atoms with van der Waals surface area (Å²) in [6.45, 7) is 1.30. The lowest BCUT2D eigenvalue weighted by molar-refractivity contribution is -0.129. The lowest BCUT2D eigenvalue weighted by Crippen LogP contribution is -2.56. The smallest absolute Gasteiger partial charge is 0.240 e. The van der Waals surface area contributed by atoms with Crippen molar-refractivity contribution >= 4 is 29.1 Å². The minimum atomic E-state index is -0.516. The Hall–Kier alpha value is 0.01000. The predicted molar refractivity (Wildman–Crippen MR) is 52.0 cm³/mol. The molecule has 0 aromatic carbocycles. The molecule has 5 heteroatoms. The molecule has 2 N–H and O–H groups in total. The minimum absolute atomic E-state index is 0.0487. The molecule has 1 saturated carbocycles. The van der Waals surface area contributed by atoms with Crippen molar-refractivity contribution in [2.45, 2.75) is 23.2 Å². The number of alkyl halides is 2. The Morgan fingerprint density at radius 2 is 2.31 bits per heavy atom. The van der Waals surface area contributed by atoms with Gasteiger partial charge in [0, 0.05) is 6.54 Å². The van der Waals surface area contributed by atoms with Gasteiger partial charge in [0.2, 0.25) is 5.91 Å². The van der Waals surface area contributed by atoms with Crippen molar-refractivity contribution in [2.24, 2.45) is 5.92 Å². The van der Waals surface area contributed by atoms with Gasteiger partial charge in [-0.1, -0.05) is 0 Å². The fourth-order valence-electron chi connectivity index (χ4n) is 2.16. The zero-order chi connectivity index (χ0) is 9.47. The van der Waals surface area contributed by atoms with E-state index < -0.39 is 4.84 Å². The van der Waals surface area contributed by atoms with E-state index >= 15 is 0 Å². The second kappa shape index (κ2) is 3.30. The molecule has 13 heavy (non-hydrogen) atoms. The molecule has 3 rings (SSSR count). The van der Waals surface area contributed by atoms with Crippen molar-refractivity contribution in [3.63, 3.8) is 0 Å². The van der Waals surface area contributed by atoms with Crippen molar-refractivity contribution in [1.29, 1.82) is 0 Å². The van der Waals surface area contributed by atoms with Crippen molar-refractivity contribution < 1.29 is 4.79 Å². The second-order valence-electron chi connectivity index (χ2n) is 3.84. The van der Waals surface area contributed by atoms with Gasteiger partial charge >= 0.3 is 0 Å². The summed E-state index contributed by atoms with van der Waals surface area (Å²) < 4.78 is 0. The summed E-state index contributed by atoms with van der Waals surface area (Å²) in [7, 11) is 0. The van der Waals surface area contributed by atoms with Crippen molar-refractivity contribution in [3.05, 3.63) is 0 Å². The van der Waals surface area contributed by atoms with Crippen LogP contribution >= 0.6 is 23.2 Å². The first kappa shape index (κ1) is 9.56. The molecule has 0 aromatic rings. The van der Waals surface area contributed by atoms with Gasteiger partial charge in [-0.3, -0.25) is 4.79 Å². The Morgan fingerprint density at radius 3 is 2.77 bits per heavy atom. The van der Waals surface area contributed by atoms with E-state index in [1.165, 1.54) is 0 Å². The van der Waals surface area contributed by atoms with Crippen LogP contribution in [-0.2, 0) is 4.79 Å². The number of carbonyl (C=O) groups excluding carboxylic acids is 1. The molecule has 0 spiro atoms. The molecule has 1 amide bonds. The molecular weight excluding hydrogens is 211 g/mol. The summed E-state index contributed by atoms with van der Waals surface area (Å²) in [5.41, 5.74) is -0.284. The molecule has 2 heterocycles. The second-order valence-corrected chi connectivity index (χ2v) is 5.12. The van der Waals surface area contributed by atoms with Crippen LogP contribution in [0.4, 0.5) is 0 Å². The summed E-state index contributed by atoms with van der Waals surface area (Å²) in [5.74, 6) is 0.751. The first-order chi connectivity index (χ1) is 6.12. The average molecular weight is 223 g/mol. The Kier molecular flexibility index (Phi) is 2.43. The highest BCUT2D eigenvalue weighted by Gasteiger charge is 2.55. The third-order valence-electron chi connectivity index (χ3n) is 2.85. The van der Waals surface area contributed by atoms with Gasteiger partial charge in [-0.05, 0) is 25.3 Å². The maximum atomic E-state index is 11.6. The van der Waals surface area contributed by atoms with Gasteiger partial charge in [0.15, 0.2) is 0 Å². The standard InChI is InChI=1S/C8H12Cl2N2O/c9-6(10)4-11-7(13)8-1-5(2-8)3-12-8/h5-6,12H,1-4H2,(H,11,13). The molecule has 3 aliphatic rings. The average Bonchev–Trinajstić information content (AvgIpc) is 2.56. The van der Waals surface area contributed by atoms with Crippen LogP contribution in [0.25, 0.3) is 0 Å². The van der Waals surface area contributed by atoms with Crippen LogP contribution in [0.1, 0.15) is 12.8 Å². The monoisotopic (exact) mass is 222 g/mol. The highest BCUT2D eigenvalue weighted by atomic mass is 35.5. The van der Waals surface area contributed by atoms with E-state index in [1.54, 1.807) is 0 Å².